The SMILES string of the molecule is OC1CCN(Cc2ccc(CNC3Cc4ccccc4C3)cc2)CC1. The van der Waals surface area contributed by atoms with Gasteiger partial charge in [-0.05, 0) is 47.9 Å². The molecule has 1 aliphatic carbocycles. The van der Waals surface area contributed by atoms with Gasteiger partial charge in [-0.1, -0.05) is 48.5 Å². The van der Waals surface area contributed by atoms with Crippen LogP contribution in [-0.4, -0.2) is 35.2 Å². The number of rotatable bonds is 5. The van der Waals surface area contributed by atoms with Crippen molar-refractivity contribution in [2.75, 3.05) is 13.1 Å². The minimum atomic E-state index is -0.0913. The van der Waals surface area contributed by atoms with Gasteiger partial charge in [0.1, 0.15) is 0 Å². The molecule has 0 amide bonds. The number of nitrogens with zero attached hydrogens (tertiary/aromatic N) is 1. The van der Waals surface area contributed by atoms with Gasteiger partial charge < -0.3 is 10.4 Å². The molecule has 1 heterocycles. The number of piperidine rings is 1. The van der Waals surface area contributed by atoms with E-state index in [-0.39, 0.29) is 6.10 Å². The molecule has 0 atom stereocenters. The van der Waals surface area contributed by atoms with E-state index in [4.69, 9.17) is 0 Å². The van der Waals surface area contributed by atoms with Gasteiger partial charge in [0.05, 0.1) is 6.10 Å². The molecule has 0 bridgehead atoms. The van der Waals surface area contributed by atoms with Crippen LogP contribution in [0.25, 0.3) is 0 Å². The van der Waals surface area contributed by atoms with E-state index in [0.717, 1.165) is 51.9 Å². The number of fused-ring (bicyclic) bond motifs is 1. The second-order valence-electron chi connectivity index (χ2n) is 7.58. The van der Waals surface area contributed by atoms with Crippen LogP contribution >= 0.6 is 0 Å². The van der Waals surface area contributed by atoms with Crippen LogP contribution in [0.4, 0.5) is 0 Å². The molecule has 1 aliphatic heterocycles. The standard InChI is InChI=1S/C22H28N2O/c25-22-9-11-24(12-10-22)16-18-7-5-17(6-8-18)15-23-21-13-19-3-1-2-4-20(19)14-21/h1-8,21-23,25H,9-16H2. The number of hydrogen-bond acceptors (Lipinski definition) is 3. The maximum Gasteiger partial charge on any atom is 0.0564 e. The van der Waals surface area contributed by atoms with Crippen molar-refractivity contribution in [1.29, 1.82) is 0 Å². The van der Waals surface area contributed by atoms with Crippen LogP contribution in [0.5, 0.6) is 0 Å². The van der Waals surface area contributed by atoms with Gasteiger partial charge in [0.2, 0.25) is 0 Å². The summed E-state index contributed by atoms with van der Waals surface area (Å²) in [5.74, 6) is 0. The van der Waals surface area contributed by atoms with E-state index in [0.29, 0.717) is 6.04 Å². The van der Waals surface area contributed by atoms with Crippen molar-refractivity contribution in [3.05, 3.63) is 70.8 Å². The number of aliphatic hydroxyl groups is 1. The molecule has 1 fully saturated rings. The average Bonchev–Trinajstić information content (AvgIpc) is 3.06. The quantitative estimate of drug-likeness (QED) is 0.881. The molecule has 2 aliphatic rings. The lowest BCUT2D eigenvalue weighted by Gasteiger charge is -2.29. The zero-order chi connectivity index (χ0) is 17.1. The summed E-state index contributed by atoms with van der Waals surface area (Å²) in [5.41, 5.74) is 5.73. The van der Waals surface area contributed by atoms with Crippen molar-refractivity contribution in [3.63, 3.8) is 0 Å². The molecule has 3 nitrogen and oxygen atoms in total. The second-order valence-corrected chi connectivity index (χ2v) is 7.58. The Morgan fingerprint density at radius 2 is 1.48 bits per heavy atom. The first kappa shape index (κ1) is 16.8. The van der Waals surface area contributed by atoms with Gasteiger partial charge in [0.15, 0.2) is 0 Å². The van der Waals surface area contributed by atoms with Crippen molar-refractivity contribution in [2.24, 2.45) is 0 Å². The zero-order valence-electron chi connectivity index (χ0n) is 14.8. The van der Waals surface area contributed by atoms with Crippen molar-refractivity contribution in [1.82, 2.24) is 10.2 Å². The van der Waals surface area contributed by atoms with Gasteiger partial charge in [-0.2, -0.15) is 0 Å². The summed E-state index contributed by atoms with van der Waals surface area (Å²) in [6.07, 6.45) is 4.02. The number of nitrogens with one attached hydrogen (secondary N) is 1. The molecule has 2 aromatic rings. The summed E-state index contributed by atoms with van der Waals surface area (Å²) in [4.78, 5) is 2.44. The molecule has 0 aromatic heterocycles. The highest BCUT2D eigenvalue weighted by atomic mass is 16.3. The number of benzene rings is 2. The van der Waals surface area contributed by atoms with E-state index in [9.17, 15) is 5.11 Å². The van der Waals surface area contributed by atoms with Crippen molar-refractivity contribution in [3.8, 4) is 0 Å². The zero-order valence-corrected chi connectivity index (χ0v) is 14.8. The molecule has 1 saturated heterocycles. The Bertz CT molecular complexity index is 664. The summed E-state index contributed by atoms with van der Waals surface area (Å²) < 4.78 is 0. The Labute approximate surface area is 150 Å². The summed E-state index contributed by atoms with van der Waals surface area (Å²) in [5, 5.41) is 13.3. The fourth-order valence-electron chi connectivity index (χ4n) is 4.06. The molecule has 0 radical (unpaired) electrons. The number of likely N-dealkylation sites (tertiary alicyclic amines) is 1. The van der Waals surface area contributed by atoms with Crippen LogP contribution < -0.4 is 5.32 Å². The first-order chi connectivity index (χ1) is 12.3. The minimum absolute atomic E-state index is 0.0913. The number of hydrogen-bond donors (Lipinski definition) is 2. The Morgan fingerprint density at radius 3 is 2.12 bits per heavy atom. The largest absolute Gasteiger partial charge is 0.393 e. The third-order valence-electron chi connectivity index (χ3n) is 5.63. The van der Waals surface area contributed by atoms with Crippen molar-refractivity contribution >= 4 is 0 Å². The molecule has 25 heavy (non-hydrogen) atoms. The highest BCUT2D eigenvalue weighted by Crippen LogP contribution is 2.22. The van der Waals surface area contributed by atoms with Crippen molar-refractivity contribution < 1.29 is 5.11 Å². The van der Waals surface area contributed by atoms with Gasteiger partial charge in [0, 0.05) is 32.2 Å². The lowest BCUT2D eigenvalue weighted by atomic mass is 10.1. The lowest BCUT2D eigenvalue weighted by Crippen LogP contribution is -2.35. The van der Waals surface area contributed by atoms with E-state index >= 15 is 0 Å². The van der Waals surface area contributed by atoms with E-state index in [1.54, 1.807) is 0 Å². The Morgan fingerprint density at radius 1 is 0.880 bits per heavy atom. The fraction of sp³-hybridized carbons (Fsp3) is 0.455. The van der Waals surface area contributed by atoms with Gasteiger partial charge in [-0.15, -0.1) is 0 Å². The maximum absolute atomic E-state index is 9.60. The summed E-state index contributed by atoms with van der Waals surface area (Å²) in [6.45, 7) is 3.95. The average molecular weight is 336 g/mol. The molecule has 0 unspecified atom stereocenters. The topological polar surface area (TPSA) is 35.5 Å². The first-order valence-corrected chi connectivity index (χ1v) is 9.55. The minimum Gasteiger partial charge on any atom is -0.393 e. The van der Waals surface area contributed by atoms with E-state index in [1.165, 1.54) is 22.3 Å². The van der Waals surface area contributed by atoms with Gasteiger partial charge in [-0.25, -0.2) is 0 Å². The lowest BCUT2D eigenvalue weighted by molar-refractivity contribution is 0.0792. The maximum atomic E-state index is 9.60. The summed E-state index contributed by atoms with van der Waals surface area (Å²) in [6, 6.07) is 18.4. The normalized spacial score (nSPS) is 19.2. The van der Waals surface area contributed by atoms with Gasteiger partial charge >= 0.3 is 0 Å². The third kappa shape index (κ3) is 4.30. The predicted octanol–water partition coefficient (Wildman–Crippen LogP) is 2.90. The van der Waals surface area contributed by atoms with E-state index in [1.807, 2.05) is 0 Å². The summed E-state index contributed by atoms with van der Waals surface area (Å²) >= 11 is 0. The Kier molecular flexibility index (Phi) is 5.16. The van der Waals surface area contributed by atoms with E-state index in [2.05, 4.69) is 58.7 Å². The highest BCUT2D eigenvalue weighted by molar-refractivity contribution is 5.33. The number of aliphatic hydroxyl groups excluding tert-OH is 1. The monoisotopic (exact) mass is 336 g/mol. The van der Waals surface area contributed by atoms with Gasteiger partial charge in [-0.3, -0.25) is 4.90 Å². The van der Waals surface area contributed by atoms with Crippen LogP contribution in [0.3, 0.4) is 0 Å². The molecule has 4 rings (SSSR count). The van der Waals surface area contributed by atoms with Crippen LogP contribution in [0, 0.1) is 0 Å². The van der Waals surface area contributed by atoms with Crippen LogP contribution in [0.15, 0.2) is 48.5 Å². The van der Waals surface area contributed by atoms with Gasteiger partial charge in [0.25, 0.3) is 0 Å². The predicted molar refractivity (Wildman–Crippen MR) is 101 cm³/mol. The van der Waals surface area contributed by atoms with Crippen LogP contribution in [0.1, 0.15) is 35.1 Å². The summed E-state index contributed by atoms with van der Waals surface area (Å²) in [7, 11) is 0. The molecule has 0 saturated carbocycles. The highest BCUT2D eigenvalue weighted by Gasteiger charge is 2.20. The second kappa shape index (κ2) is 7.69. The Balaban J connectivity index is 1.25. The van der Waals surface area contributed by atoms with Crippen molar-refractivity contribution in [2.45, 2.75) is 50.9 Å². The third-order valence-corrected chi connectivity index (χ3v) is 5.63. The van der Waals surface area contributed by atoms with Crippen LogP contribution in [-0.2, 0) is 25.9 Å². The van der Waals surface area contributed by atoms with E-state index < -0.39 is 0 Å². The smallest absolute Gasteiger partial charge is 0.0564 e. The molecule has 132 valence electrons. The fourth-order valence-corrected chi connectivity index (χ4v) is 4.06. The molecule has 2 aromatic carbocycles. The molecular weight excluding hydrogens is 308 g/mol. The molecular formula is C22H28N2O. The van der Waals surface area contributed by atoms with Crippen LogP contribution in [0.2, 0.25) is 0 Å². The molecule has 3 heteroatoms. The molecule has 2 N–H and O–H groups in total. The molecule has 0 spiro atoms. The first-order valence-electron chi connectivity index (χ1n) is 9.55. The Hall–Kier alpha value is -1.68.